The molecular weight excluding hydrogens is 282 g/mol. The van der Waals surface area contributed by atoms with E-state index in [0.29, 0.717) is 10.6 Å². The molecular formula is C16H13N3OS. The average Bonchev–Trinajstić information content (AvgIpc) is 3.07. The molecule has 4 nitrogen and oxygen atoms in total. The van der Waals surface area contributed by atoms with Crippen molar-refractivity contribution >= 4 is 28.0 Å². The van der Waals surface area contributed by atoms with Gasteiger partial charge in [0, 0.05) is 40.8 Å². The number of hydrogen-bond acceptors (Lipinski definition) is 4. The number of ketones is 1. The average molecular weight is 295 g/mol. The quantitative estimate of drug-likeness (QED) is 0.695. The first-order valence-corrected chi connectivity index (χ1v) is 7.39. The highest BCUT2D eigenvalue weighted by Gasteiger charge is 2.26. The highest BCUT2D eigenvalue weighted by atomic mass is 32.1. The molecule has 2 heterocycles. The lowest BCUT2D eigenvalue weighted by Crippen LogP contribution is -2.11. The first-order valence-electron chi connectivity index (χ1n) is 6.51. The van der Waals surface area contributed by atoms with Gasteiger partial charge in [0.2, 0.25) is 0 Å². The maximum absolute atomic E-state index is 12.7. The van der Waals surface area contributed by atoms with Crippen LogP contribution in [0.2, 0.25) is 0 Å². The SMILES string of the molecule is Cc1csc(C(C#N)C(=O)c2cccc3c2ccn3C)n1. The minimum atomic E-state index is -0.838. The largest absolute Gasteiger partial charge is 0.351 e. The normalized spacial score (nSPS) is 12.2. The zero-order chi connectivity index (χ0) is 15.0. The Bertz CT molecular complexity index is 869. The summed E-state index contributed by atoms with van der Waals surface area (Å²) in [5.74, 6) is -1.03. The van der Waals surface area contributed by atoms with Gasteiger partial charge in [0.15, 0.2) is 11.7 Å². The molecule has 0 saturated carbocycles. The first-order chi connectivity index (χ1) is 10.1. The van der Waals surface area contributed by atoms with E-state index in [1.807, 2.05) is 48.3 Å². The van der Waals surface area contributed by atoms with E-state index in [2.05, 4.69) is 11.1 Å². The number of carbonyl (C=O) groups is 1. The van der Waals surface area contributed by atoms with Crippen molar-refractivity contribution in [1.82, 2.24) is 9.55 Å². The summed E-state index contributed by atoms with van der Waals surface area (Å²) in [7, 11) is 1.93. The fraction of sp³-hybridized carbons (Fsp3) is 0.188. The fourth-order valence-corrected chi connectivity index (χ4v) is 3.24. The lowest BCUT2D eigenvalue weighted by Gasteiger charge is -2.07. The second-order valence-corrected chi connectivity index (χ2v) is 5.81. The molecule has 2 aromatic heterocycles. The van der Waals surface area contributed by atoms with Crippen LogP contribution in [0.25, 0.3) is 10.9 Å². The van der Waals surface area contributed by atoms with Gasteiger partial charge in [-0.2, -0.15) is 5.26 Å². The van der Waals surface area contributed by atoms with Crippen molar-refractivity contribution in [2.24, 2.45) is 7.05 Å². The minimum absolute atomic E-state index is 0.191. The van der Waals surface area contributed by atoms with E-state index in [0.717, 1.165) is 16.6 Å². The number of thiazole rings is 1. The van der Waals surface area contributed by atoms with Crippen molar-refractivity contribution in [3.8, 4) is 6.07 Å². The van der Waals surface area contributed by atoms with Crippen LogP contribution in [0.1, 0.15) is 27.0 Å². The third-order valence-corrected chi connectivity index (χ3v) is 4.50. The van der Waals surface area contributed by atoms with Crippen LogP contribution in [0.3, 0.4) is 0 Å². The zero-order valence-corrected chi connectivity index (χ0v) is 12.5. The van der Waals surface area contributed by atoms with Gasteiger partial charge >= 0.3 is 0 Å². The van der Waals surface area contributed by atoms with Gasteiger partial charge in [-0.05, 0) is 19.1 Å². The monoisotopic (exact) mass is 295 g/mol. The highest BCUT2D eigenvalue weighted by molar-refractivity contribution is 7.10. The van der Waals surface area contributed by atoms with Crippen LogP contribution in [0.5, 0.6) is 0 Å². The Hall–Kier alpha value is -2.45. The maximum Gasteiger partial charge on any atom is 0.187 e. The number of aryl methyl sites for hydroxylation is 2. The summed E-state index contributed by atoms with van der Waals surface area (Å²) in [6, 6.07) is 9.58. The number of hydrogen-bond donors (Lipinski definition) is 0. The number of rotatable bonds is 3. The molecule has 0 radical (unpaired) electrons. The van der Waals surface area contributed by atoms with Gasteiger partial charge < -0.3 is 4.57 Å². The number of benzene rings is 1. The maximum atomic E-state index is 12.7. The van der Waals surface area contributed by atoms with E-state index in [1.54, 1.807) is 6.07 Å². The summed E-state index contributed by atoms with van der Waals surface area (Å²) < 4.78 is 1.96. The van der Waals surface area contributed by atoms with E-state index < -0.39 is 5.92 Å². The van der Waals surface area contributed by atoms with Crippen LogP contribution in [-0.2, 0) is 7.05 Å². The van der Waals surface area contributed by atoms with E-state index in [4.69, 9.17) is 0 Å². The van der Waals surface area contributed by atoms with Crippen LogP contribution >= 0.6 is 11.3 Å². The molecule has 1 aromatic carbocycles. The summed E-state index contributed by atoms with van der Waals surface area (Å²) in [5.41, 5.74) is 2.39. The topological polar surface area (TPSA) is 58.7 Å². The molecule has 1 atom stereocenters. The summed E-state index contributed by atoms with van der Waals surface area (Å²) in [6.07, 6.45) is 1.91. The molecule has 104 valence electrons. The Morgan fingerprint density at radius 2 is 2.24 bits per heavy atom. The fourth-order valence-electron chi connectivity index (χ4n) is 2.40. The summed E-state index contributed by atoms with van der Waals surface area (Å²) in [6.45, 7) is 1.86. The van der Waals surface area contributed by atoms with Crippen molar-refractivity contribution in [1.29, 1.82) is 5.26 Å². The van der Waals surface area contributed by atoms with Gasteiger partial charge in [0.05, 0.1) is 6.07 Å². The predicted molar refractivity (Wildman–Crippen MR) is 82.5 cm³/mol. The third kappa shape index (κ3) is 2.24. The lowest BCUT2D eigenvalue weighted by atomic mass is 9.96. The van der Waals surface area contributed by atoms with E-state index in [9.17, 15) is 10.1 Å². The van der Waals surface area contributed by atoms with Gasteiger partial charge in [-0.25, -0.2) is 4.98 Å². The molecule has 0 fully saturated rings. The molecule has 0 saturated heterocycles. The van der Waals surface area contributed by atoms with Crippen molar-refractivity contribution < 1.29 is 4.79 Å². The molecule has 0 aliphatic carbocycles. The number of nitrogens with zero attached hydrogens (tertiary/aromatic N) is 3. The molecule has 0 spiro atoms. The van der Waals surface area contributed by atoms with Crippen LogP contribution in [0, 0.1) is 18.3 Å². The van der Waals surface area contributed by atoms with E-state index in [-0.39, 0.29) is 5.78 Å². The van der Waals surface area contributed by atoms with E-state index >= 15 is 0 Å². The molecule has 3 aromatic rings. The molecule has 1 unspecified atom stereocenters. The van der Waals surface area contributed by atoms with Gasteiger partial charge in [0.1, 0.15) is 5.01 Å². The molecule has 5 heteroatoms. The van der Waals surface area contributed by atoms with Crippen LogP contribution in [0.15, 0.2) is 35.8 Å². The van der Waals surface area contributed by atoms with Crippen molar-refractivity contribution in [3.05, 3.63) is 52.1 Å². The van der Waals surface area contributed by atoms with Crippen molar-refractivity contribution in [2.75, 3.05) is 0 Å². The Labute approximate surface area is 126 Å². The Morgan fingerprint density at radius 3 is 2.90 bits per heavy atom. The number of carbonyl (C=O) groups excluding carboxylic acids is 1. The molecule has 0 bridgehead atoms. The third-order valence-electron chi connectivity index (χ3n) is 3.47. The van der Waals surface area contributed by atoms with Gasteiger partial charge in [-0.3, -0.25) is 4.79 Å². The van der Waals surface area contributed by atoms with Crippen molar-refractivity contribution in [3.63, 3.8) is 0 Å². The first kappa shape index (κ1) is 13.5. The number of nitriles is 1. The predicted octanol–water partition coefficient (Wildman–Crippen LogP) is 3.43. The summed E-state index contributed by atoms with van der Waals surface area (Å²) in [4.78, 5) is 17.0. The smallest absolute Gasteiger partial charge is 0.187 e. The van der Waals surface area contributed by atoms with Gasteiger partial charge in [-0.1, -0.05) is 12.1 Å². The Kier molecular flexibility index (Phi) is 3.32. The Morgan fingerprint density at radius 1 is 1.43 bits per heavy atom. The van der Waals surface area contributed by atoms with Gasteiger partial charge in [0.25, 0.3) is 0 Å². The molecule has 0 aliphatic rings. The summed E-state index contributed by atoms with van der Waals surface area (Å²) in [5, 5.41) is 12.7. The molecule has 0 N–H and O–H groups in total. The van der Waals surface area contributed by atoms with E-state index in [1.165, 1.54) is 11.3 Å². The summed E-state index contributed by atoms with van der Waals surface area (Å²) >= 11 is 1.36. The van der Waals surface area contributed by atoms with Gasteiger partial charge in [-0.15, -0.1) is 11.3 Å². The number of aromatic nitrogens is 2. The minimum Gasteiger partial charge on any atom is -0.351 e. The van der Waals surface area contributed by atoms with Crippen molar-refractivity contribution in [2.45, 2.75) is 12.8 Å². The standard InChI is InChI=1S/C16H13N3OS/c1-10-9-21-16(18-10)13(8-17)15(20)12-4-3-5-14-11(12)6-7-19(14)2/h3-7,9,13H,1-2H3. The number of Topliss-reactive ketones (excluding diaryl/α,β-unsaturated/α-hetero) is 1. The second kappa shape index (κ2) is 5.15. The Balaban J connectivity index is 2.09. The second-order valence-electron chi connectivity index (χ2n) is 4.92. The zero-order valence-electron chi connectivity index (χ0n) is 11.7. The van der Waals surface area contributed by atoms with Crippen LogP contribution < -0.4 is 0 Å². The lowest BCUT2D eigenvalue weighted by molar-refractivity contribution is 0.0980. The molecule has 21 heavy (non-hydrogen) atoms. The molecule has 0 aliphatic heterocycles. The number of fused-ring (bicyclic) bond motifs is 1. The molecule has 0 amide bonds. The highest BCUT2D eigenvalue weighted by Crippen LogP contribution is 2.27. The van der Waals surface area contributed by atoms with Crippen LogP contribution in [0.4, 0.5) is 0 Å². The van der Waals surface area contributed by atoms with Crippen LogP contribution in [-0.4, -0.2) is 15.3 Å². The molecule has 3 rings (SSSR count).